The highest BCUT2D eigenvalue weighted by molar-refractivity contribution is 5.99. The fourth-order valence-corrected chi connectivity index (χ4v) is 4.84. The van der Waals surface area contributed by atoms with Crippen molar-refractivity contribution in [2.45, 2.75) is 32.9 Å². The molecular formula is C30H38N8O3. The van der Waals surface area contributed by atoms with Gasteiger partial charge in [0, 0.05) is 54.9 Å². The van der Waals surface area contributed by atoms with Crippen LogP contribution in [-0.2, 0) is 21.7 Å². The Morgan fingerprint density at radius 3 is 2.51 bits per heavy atom. The molecule has 0 saturated carbocycles. The molecule has 0 unspecified atom stereocenters. The highest BCUT2D eigenvalue weighted by Gasteiger charge is 2.45. The van der Waals surface area contributed by atoms with Crippen LogP contribution in [0.25, 0.3) is 0 Å². The van der Waals surface area contributed by atoms with Gasteiger partial charge >= 0.3 is 6.03 Å². The second-order valence-electron chi connectivity index (χ2n) is 10.5. The van der Waals surface area contributed by atoms with E-state index >= 15 is 0 Å². The van der Waals surface area contributed by atoms with E-state index in [0.717, 1.165) is 30.0 Å². The molecule has 2 aliphatic heterocycles. The van der Waals surface area contributed by atoms with E-state index in [4.69, 9.17) is 0 Å². The van der Waals surface area contributed by atoms with Crippen LogP contribution in [0.5, 0.6) is 0 Å². The number of carbonyl (C=O) groups is 3. The topological polar surface area (TPSA) is 126 Å². The third kappa shape index (κ3) is 6.93. The van der Waals surface area contributed by atoms with Crippen molar-refractivity contribution in [1.82, 2.24) is 30.2 Å². The van der Waals surface area contributed by atoms with Crippen LogP contribution in [-0.4, -0.2) is 76.0 Å². The summed E-state index contributed by atoms with van der Waals surface area (Å²) < 4.78 is 0. The monoisotopic (exact) mass is 558 g/mol. The van der Waals surface area contributed by atoms with Gasteiger partial charge in [0.15, 0.2) is 5.82 Å². The fraction of sp³-hybridized carbons (Fsp3) is 0.333. The summed E-state index contributed by atoms with van der Waals surface area (Å²) >= 11 is 0. The first-order chi connectivity index (χ1) is 19.6. The normalized spacial score (nSPS) is 17.1. The molecule has 11 nitrogen and oxygen atoms in total. The standard InChI is InChI=1S/C30H38N8O3/c1-6-10-21(31-25(39)7-2)11-9-14-26(40)32-22-12-8-13-23(19-22)33-28-24-20-38(30(3,4)27(24)34-35-28)29(41)37-17-15-36(5)16-18-37/h6-14,19H,2,15-18,20H2,1,3-5H3,(H,31,39)(H,32,40)(H2,33,34,35)/b10-6-,14-9+,21-11+. The number of aromatic nitrogens is 2. The van der Waals surface area contributed by atoms with Gasteiger partial charge in [-0.1, -0.05) is 24.8 Å². The van der Waals surface area contributed by atoms with Crippen molar-refractivity contribution in [3.05, 3.63) is 84.3 Å². The molecule has 0 spiro atoms. The Bertz CT molecular complexity index is 1400. The molecule has 0 bridgehead atoms. The van der Waals surface area contributed by atoms with E-state index in [-0.39, 0.29) is 17.8 Å². The highest BCUT2D eigenvalue weighted by atomic mass is 16.2. The Morgan fingerprint density at radius 2 is 1.80 bits per heavy atom. The second-order valence-corrected chi connectivity index (χ2v) is 10.5. The van der Waals surface area contributed by atoms with Crippen molar-refractivity contribution < 1.29 is 14.4 Å². The van der Waals surface area contributed by atoms with E-state index in [1.165, 1.54) is 12.2 Å². The Hall–Kier alpha value is -4.64. The van der Waals surface area contributed by atoms with E-state index in [2.05, 4.69) is 44.7 Å². The number of nitrogens with zero attached hydrogens (tertiary/aromatic N) is 4. The van der Waals surface area contributed by atoms with Crippen molar-refractivity contribution >= 4 is 35.0 Å². The number of rotatable bonds is 8. The number of allylic oxidation sites excluding steroid dienone is 4. The Balaban J connectivity index is 1.41. The number of benzene rings is 1. The maximum atomic E-state index is 13.4. The Labute approximate surface area is 240 Å². The summed E-state index contributed by atoms with van der Waals surface area (Å²) in [5, 5.41) is 16.5. The molecule has 3 heterocycles. The van der Waals surface area contributed by atoms with Gasteiger partial charge < -0.3 is 30.7 Å². The van der Waals surface area contributed by atoms with Crippen molar-refractivity contribution in [1.29, 1.82) is 0 Å². The van der Waals surface area contributed by atoms with Crippen LogP contribution in [0.3, 0.4) is 0 Å². The molecule has 4 rings (SSSR count). The number of H-pyrrole nitrogens is 1. The number of aromatic amines is 1. The van der Waals surface area contributed by atoms with Crippen molar-refractivity contribution in [2.24, 2.45) is 0 Å². The minimum absolute atomic E-state index is 0.0344. The van der Waals surface area contributed by atoms with E-state index in [1.807, 2.05) is 48.8 Å². The number of piperazine rings is 1. The third-order valence-corrected chi connectivity index (χ3v) is 7.19. The van der Waals surface area contributed by atoms with Gasteiger partial charge in [0.05, 0.1) is 17.8 Å². The summed E-state index contributed by atoms with van der Waals surface area (Å²) in [4.78, 5) is 43.5. The maximum absolute atomic E-state index is 13.4. The molecule has 216 valence electrons. The zero-order chi connectivity index (χ0) is 29.6. The highest BCUT2D eigenvalue weighted by Crippen LogP contribution is 2.41. The van der Waals surface area contributed by atoms with E-state index < -0.39 is 5.54 Å². The molecule has 41 heavy (non-hydrogen) atoms. The molecule has 2 aromatic rings. The maximum Gasteiger partial charge on any atom is 0.321 e. The van der Waals surface area contributed by atoms with E-state index in [9.17, 15) is 14.4 Å². The van der Waals surface area contributed by atoms with Crippen LogP contribution >= 0.6 is 0 Å². The molecule has 11 heteroatoms. The third-order valence-electron chi connectivity index (χ3n) is 7.19. The summed E-state index contributed by atoms with van der Waals surface area (Å²) in [6.45, 7) is 12.9. The molecule has 0 radical (unpaired) electrons. The average molecular weight is 559 g/mol. The Kier molecular flexibility index (Phi) is 9.08. The first-order valence-corrected chi connectivity index (χ1v) is 13.6. The van der Waals surface area contributed by atoms with Crippen LogP contribution in [0.2, 0.25) is 0 Å². The number of amides is 4. The smallest absolute Gasteiger partial charge is 0.321 e. The number of urea groups is 1. The summed E-state index contributed by atoms with van der Waals surface area (Å²) in [6, 6.07) is 7.35. The average Bonchev–Trinajstić information content (AvgIpc) is 3.46. The minimum Gasteiger partial charge on any atom is -0.338 e. The van der Waals surface area contributed by atoms with Gasteiger partial charge in [-0.05, 0) is 64.2 Å². The fourth-order valence-electron chi connectivity index (χ4n) is 4.84. The predicted molar refractivity (Wildman–Crippen MR) is 160 cm³/mol. The number of hydrogen-bond acceptors (Lipinski definition) is 6. The first kappa shape index (κ1) is 29.3. The molecular weight excluding hydrogens is 520 g/mol. The van der Waals surface area contributed by atoms with Crippen LogP contribution in [0.4, 0.5) is 22.0 Å². The molecule has 1 aromatic heterocycles. The van der Waals surface area contributed by atoms with Crippen molar-refractivity contribution in [2.75, 3.05) is 43.9 Å². The second kappa shape index (κ2) is 12.7. The van der Waals surface area contributed by atoms with Gasteiger partial charge in [0.25, 0.3) is 0 Å². The largest absolute Gasteiger partial charge is 0.338 e. The van der Waals surface area contributed by atoms with E-state index in [1.54, 1.807) is 30.4 Å². The quantitative estimate of drug-likeness (QED) is 0.288. The summed E-state index contributed by atoms with van der Waals surface area (Å²) in [6.07, 6.45) is 9.22. The lowest BCUT2D eigenvalue weighted by Crippen LogP contribution is -2.54. The Morgan fingerprint density at radius 1 is 1.07 bits per heavy atom. The van der Waals surface area contributed by atoms with E-state index in [0.29, 0.717) is 36.8 Å². The van der Waals surface area contributed by atoms with Gasteiger partial charge in [0.1, 0.15) is 0 Å². The number of hydrogen-bond donors (Lipinski definition) is 4. The molecule has 1 saturated heterocycles. The van der Waals surface area contributed by atoms with Gasteiger partial charge in [-0.2, -0.15) is 5.10 Å². The van der Waals surface area contributed by atoms with Crippen molar-refractivity contribution in [3.8, 4) is 0 Å². The van der Waals surface area contributed by atoms with Crippen LogP contribution in [0.15, 0.2) is 73.0 Å². The summed E-state index contributed by atoms with van der Waals surface area (Å²) in [5.74, 6) is -0.0148. The van der Waals surface area contributed by atoms with Crippen LogP contribution in [0.1, 0.15) is 32.0 Å². The van der Waals surface area contributed by atoms with Gasteiger partial charge in [-0.3, -0.25) is 14.7 Å². The summed E-state index contributed by atoms with van der Waals surface area (Å²) in [7, 11) is 2.07. The molecule has 4 N–H and O–H groups in total. The zero-order valence-electron chi connectivity index (χ0n) is 24.0. The van der Waals surface area contributed by atoms with Gasteiger partial charge in [-0.15, -0.1) is 0 Å². The van der Waals surface area contributed by atoms with Crippen molar-refractivity contribution in [3.63, 3.8) is 0 Å². The summed E-state index contributed by atoms with van der Waals surface area (Å²) in [5.41, 5.74) is 3.20. The lowest BCUT2D eigenvalue weighted by Gasteiger charge is -2.39. The number of anilines is 3. The predicted octanol–water partition coefficient (Wildman–Crippen LogP) is 3.83. The number of carbonyl (C=O) groups excluding carboxylic acids is 3. The number of fused-ring (bicyclic) bond motifs is 1. The lowest BCUT2D eigenvalue weighted by atomic mass is 10.0. The first-order valence-electron chi connectivity index (χ1n) is 13.6. The van der Waals surface area contributed by atoms with Crippen LogP contribution in [0, 0.1) is 0 Å². The molecule has 1 fully saturated rings. The zero-order valence-corrected chi connectivity index (χ0v) is 24.0. The van der Waals surface area contributed by atoms with Gasteiger partial charge in [-0.25, -0.2) is 4.79 Å². The molecule has 4 amide bonds. The SMILES string of the molecule is C=CC(=O)NC(/C=C\C)=C/C=C/C(=O)Nc1cccc(Nc2n[nH]c3c2CN(C(=O)N2CCN(C)CC2)C3(C)C)c1. The molecule has 1 aromatic carbocycles. The number of likely N-dealkylation sites (N-methyl/N-ethyl adjacent to an activating group) is 1. The number of nitrogens with one attached hydrogen (secondary N) is 4. The molecule has 2 aliphatic rings. The van der Waals surface area contributed by atoms with Crippen LogP contribution < -0.4 is 16.0 Å². The molecule has 0 aliphatic carbocycles. The van der Waals surface area contributed by atoms with Gasteiger partial charge in [0.2, 0.25) is 11.8 Å². The molecule has 0 atom stereocenters. The minimum atomic E-state index is -0.527. The lowest BCUT2D eigenvalue weighted by molar-refractivity contribution is -0.115.